The van der Waals surface area contributed by atoms with Gasteiger partial charge < -0.3 is 4.90 Å². The van der Waals surface area contributed by atoms with Crippen LogP contribution >= 0.6 is 15.9 Å². The Kier molecular flexibility index (Phi) is 5.16. The van der Waals surface area contributed by atoms with Crippen LogP contribution in [0.2, 0.25) is 0 Å². The number of aryl methyl sites for hydroxylation is 1. The van der Waals surface area contributed by atoms with Crippen molar-refractivity contribution in [2.24, 2.45) is 5.92 Å². The number of nitrogens with zero attached hydrogens (tertiary/aromatic N) is 1. The number of amides is 1. The second-order valence-electron chi connectivity index (χ2n) is 6.46. The summed E-state index contributed by atoms with van der Waals surface area (Å²) < 4.78 is 1.18. The third kappa shape index (κ3) is 4.23. The lowest BCUT2D eigenvalue weighted by Crippen LogP contribution is -2.40. The number of hydrogen-bond acceptors (Lipinski definition) is 1. The van der Waals surface area contributed by atoms with Gasteiger partial charge in [-0.15, -0.1) is 0 Å². The van der Waals surface area contributed by atoms with Crippen LogP contribution in [0.5, 0.6) is 0 Å². The minimum atomic E-state index is 0.285. The van der Waals surface area contributed by atoms with Crippen LogP contribution in [0.1, 0.15) is 29.5 Å². The lowest BCUT2D eigenvalue weighted by Gasteiger charge is -2.33. The molecule has 0 aliphatic carbocycles. The molecule has 2 nitrogen and oxygen atoms in total. The topological polar surface area (TPSA) is 20.3 Å². The van der Waals surface area contributed by atoms with Gasteiger partial charge in [0.2, 0.25) is 5.91 Å². The van der Waals surface area contributed by atoms with Crippen LogP contribution in [-0.4, -0.2) is 17.4 Å². The molecule has 3 rings (SSSR count). The van der Waals surface area contributed by atoms with Crippen LogP contribution in [0.15, 0.2) is 53.0 Å². The molecule has 0 saturated carbocycles. The summed E-state index contributed by atoms with van der Waals surface area (Å²) in [6, 6.07) is 16.8. The molecule has 120 valence electrons. The molecule has 1 saturated heterocycles. The Hall–Kier alpha value is -1.61. The Morgan fingerprint density at radius 2 is 1.96 bits per heavy atom. The van der Waals surface area contributed by atoms with Gasteiger partial charge in [-0.05, 0) is 48.4 Å². The summed E-state index contributed by atoms with van der Waals surface area (Å²) in [5.74, 6) is 0.823. The number of benzene rings is 2. The third-order valence-electron chi connectivity index (χ3n) is 4.53. The molecule has 1 aliphatic rings. The zero-order valence-electron chi connectivity index (χ0n) is 13.5. The fraction of sp³-hybridized carbons (Fsp3) is 0.350. The number of hydrogen-bond donors (Lipinski definition) is 0. The molecule has 0 radical (unpaired) electrons. The smallest absolute Gasteiger partial charge is 0.222 e. The van der Waals surface area contributed by atoms with E-state index in [1.165, 1.54) is 21.2 Å². The van der Waals surface area contributed by atoms with Gasteiger partial charge in [-0.25, -0.2) is 0 Å². The Morgan fingerprint density at radius 3 is 2.70 bits per heavy atom. The average molecular weight is 372 g/mol. The van der Waals surface area contributed by atoms with Crippen molar-refractivity contribution in [3.8, 4) is 0 Å². The maximum absolute atomic E-state index is 12.2. The monoisotopic (exact) mass is 371 g/mol. The highest BCUT2D eigenvalue weighted by Crippen LogP contribution is 2.27. The second-order valence-corrected chi connectivity index (χ2v) is 7.32. The average Bonchev–Trinajstić information content (AvgIpc) is 2.54. The summed E-state index contributed by atoms with van der Waals surface area (Å²) in [7, 11) is 0. The van der Waals surface area contributed by atoms with E-state index < -0.39 is 0 Å². The summed E-state index contributed by atoms with van der Waals surface area (Å²) in [6.45, 7) is 3.69. The predicted octanol–water partition coefficient (Wildman–Crippen LogP) is 4.74. The highest BCUT2D eigenvalue weighted by Gasteiger charge is 2.26. The zero-order valence-corrected chi connectivity index (χ0v) is 15.1. The Labute approximate surface area is 146 Å². The second kappa shape index (κ2) is 7.31. The number of likely N-dealkylation sites (tertiary alicyclic amines) is 1. The molecular weight excluding hydrogens is 350 g/mol. The van der Waals surface area contributed by atoms with Gasteiger partial charge in [0.15, 0.2) is 0 Å². The molecule has 1 unspecified atom stereocenters. The first-order valence-corrected chi connectivity index (χ1v) is 8.98. The molecule has 0 bridgehead atoms. The van der Waals surface area contributed by atoms with Crippen LogP contribution in [0.3, 0.4) is 0 Å². The highest BCUT2D eigenvalue weighted by molar-refractivity contribution is 9.10. The van der Waals surface area contributed by atoms with Crippen molar-refractivity contribution >= 4 is 21.8 Å². The van der Waals surface area contributed by atoms with E-state index in [2.05, 4.69) is 53.2 Å². The Balaban J connectivity index is 1.66. The Morgan fingerprint density at radius 1 is 1.17 bits per heavy atom. The number of rotatable bonds is 4. The molecule has 0 N–H and O–H groups in total. The lowest BCUT2D eigenvalue weighted by molar-refractivity contribution is -0.135. The van der Waals surface area contributed by atoms with Gasteiger partial charge in [0.25, 0.3) is 0 Å². The van der Waals surface area contributed by atoms with E-state index in [0.717, 1.165) is 25.9 Å². The van der Waals surface area contributed by atoms with Gasteiger partial charge in [-0.3, -0.25) is 4.79 Å². The Bertz CT molecular complexity index is 683. The van der Waals surface area contributed by atoms with E-state index in [4.69, 9.17) is 0 Å². The van der Waals surface area contributed by atoms with Gasteiger partial charge in [-0.1, -0.05) is 58.4 Å². The van der Waals surface area contributed by atoms with Crippen LogP contribution in [0, 0.1) is 12.8 Å². The summed E-state index contributed by atoms with van der Waals surface area (Å²) in [6.07, 6.45) is 2.69. The molecule has 2 aromatic rings. The van der Waals surface area contributed by atoms with Crippen molar-refractivity contribution in [2.75, 3.05) is 6.54 Å². The van der Waals surface area contributed by atoms with E-state index in [1.807, 2.05) is 23.1 Å². The third-order valence-corrected chi connectivity index (χ3v) is 5.27. The van der Waals surface area contributed by atoms with E-state index in [0.29, 0.717) is 12.3 Å². The lowest BCUT2D eigenvalue weighted by atomic mass is 9.90. The molecule has 2 aromatic carbocycles. The van der Waals surface area contributed by atoms with E-state index in [9.17, 15) is 4.79 Å². The molecular formula is C20H22BrNO. The zero-order chi connectivity index (χ0) is 16.2. The number of piperidine rings is 1. The summed E-state index contributed by atoms with van der Waals surface area (Å²) >= 11 is 3.67. The van der Waals surface area contributed by atoms with Crippen molar-refractivity contribution in [3.05, 3.63) is 69.7 Å². The standard InChI is InChI=1S/C20H22BrNO/c1-15-7-9-18(19(21)11-15)12-17-8-10-20(23)22(14-17)13-16-5-3-2-4-6-16/h2-7,9,11,17H,8,10,12-14H2,1H3. The van der Waals surface area contributed by atoms with Crippen molar-refractivity contribution in [1.29, 1.82) is 0 Å². The van der Waals surface area contributed by atoms with Crippen molar-refractivity contribution in [2.45, 2.75) is 32.7 Å². The summed E-state index contributed by atoms with van der Waals surface area (Å²) in [5, 5.41) is 0. The molecule has 0 aromatic heterocycles. The molecule has 1 atom stereocenters. The maximum Gasteiger partial charge on any atom is 0.222 e. The van der Waals surface area contributed by atoms with Crippen LogP contribution in [0.4, 0.5) is 0 Å². The fourth-order valence-corrected chi connectivity index (χ4v) is 3.90. The van der Waals surface area contributed by atoms with Gasteiger partial charge >= 0.3 is 0 Å². The quantitative estimate of drug-likeness (QED) is 0.759. The van der Waals surface area contributed by atoms with Crippen molar-refractivity contribution in [1.82, 2.24) is 4.90 Å². The fourth-order valence-electron chi connectivity index (χ4n) is 3.24. The van der Waals surface area contributed by atoms with Gasteiger partial charge in [0, 0.05) is 24.0 Å². The number of carbonyl (C=O) groups excluding carboxylic acids is 1. The van der Waals surface area contributed by atoms with Crippen LogP contribution in [0.25, 0.3) is 0 Å². The minimum Gasteiger partial charge on any atom is -0.338 e. The number of carbonyl (C=O) groups is 1. The highest BCUT2D eigenvalue weighted by atomic mass is 79.9. The van der Waals surface area contributed by atoms with Crippen LogP contribution < -0.4 is 0 Å². The summed E-state index contributed by atoms with van der Waals surface area (Å²) in [5.41, 5.74) is 3.82. The molecule has 1 amide bonds. The van der Waals surface area contributed by atoms with E-state index in [1.54, 1.807) is 0 Å². The normalized spacial score (nSPS) is 18.3. The molecule has 0 spiro atoms. The van der Waals surface area contributed by atoms with Gasteiger partial charge in [0.05, 0.1) is 0 Å². The van der Waals surface area contributed by atoms with Gasteiger partial charge in [-0.2, -0.15) is 0 Å². The SMILES string of the molecule is Cc1ccc(CC2CCC(=O)N(Cc3ccccc3)C2)c(Br)c1. The largest absolute Gasteiger partial charge is 0.338 e. The predicted molar refractivity (Wildman–Crippen MR) is 97.2 cm³/mol. The first-order chi connectivity index (χ1) is 11.1. The van der Waals surface area contributed by atoms with Crippen LogP contribution in [-0.2, 0) is 17.8 Å². The summed E-state index contributed by atoms with van der Waals surface area (Å²) in [4.78, 5) is 14.2. The maximum atomic E-state index is 12.2. The molecule has 1 aliphatic heterocycles. The van der Waals surface area contributed by atoms with Gasteiger partial charge in [0.1, 0.15) is 0 Å². The first kappa shape index (κ1) is 16.3. The number of halogens is 1. The van der Waals surface area contributed by atoms with Crippen molar-refractivity contribution in [3.63, 3.8) is 0 Å². The molecule has 3 heteroatoms. The first-order valence-electron chi connectivity index (χ1n) is 8.18. The molecule has 1 heterocycles. The van der Waals surface area contributed by atoms with Crippen molar-refractivity contribution < 1.29 is 4.79 Å². The minimum absolute atomic E-state index is 0.285. The van der Waals surface area contributed by atoms with E-state index >= 15 is 0 Å². The molecule has 23 heavy (non-hydrogen) atoms. The van der Waals surface area contributed by atoms with E-state index in [-0.39, 0.29) is 5.91 Å². The molecule has 1 fully saturated rings.